The van der Waals surface area contributed by atoms with E-state index in [1.807, 2.05) is 13.8 Å². The molecule has 0 spiro atoms. The predicted octanol–water partition coefficient (Wildman–Crippen LogP) is 1.67. The lowest BCUT2D eigenvalue weighted by Gasteiger charge is -2.40. The van der Waals surface area contributed by atoms with E-state index in [2.05, 4.69) is 55.6 Å². The SMILES string of the molecule is CN=C(NCC(C)(C)NS(C)(=O)=O)NC1CC2CCC(C1)N2Cc1ccccc1. The van der Waals surface area contributed by atoms with Gasteiger partial charge in [0.25, 0.3) is 0 Å². The van der Waals surface area contributed by atoms with Gasteiger partial charge < -0.3 is 10.6 Å². The summed E-state index contributed by atoms with van der Waals surface area (Å²) in [6.45, 7) is 5.20. The van der Waals surface area contributed by atoms with Crippen molar-refractivity contribution in [2.24, 2.45) is 4.99 Å². The van der Waals surface area contributed by atoms with Crippen LogP contribution in [0.3, 0.4) is 0 Å². The third kappa shape index (κ3) is 6.42. The Morgan fingerprint density at radius 3 is 2.34 bits per heavy atom. The highest BCUT2D eigenvalue weighted by Gasteiger charge is 2.40. The fraction of sp³-hybridized carbons (Fsp3) is 0.667. The molecule has 0 aliphatic carbocycles. The first-order valence-corrected chi connectivity index (χ1v) is 12.3. The van der Waals surface area contributed by atoms with Crippen LogP contribution in [-0.4, -0.2) is 62.8 Å². The average Bonchev–Trinajstić information content (AvgIpc) is 2.86. The first-order valence-electron chi connectivity index (χ1n) is 10.4. The third-order valence-electron chi connectivity index (χ3n) is 5.82. The summed E-state index contributed by atoms with van der Waals surface area (Å²) in [7, 11) is -1.50. The molecule has 2 atom stereocenters. The molecule has 2 aliphatic rings. The molecule has 0 aromatic heterocycles. The van der Waals surface area contributed by atoms with Crippen molar-refractivity contribution in [3.63, 3.8) is 0 Å². The molecule has 0 saturated carbocycles. The molecule has 2 unspecified atom stereocenters. The first kappa shape index (κ1) is 22.1. The van der Waals surface area contributed by atoms with Crippen LogP contribution in [0.5, 0.6) is 0 Å². The fourth-order valence-electron chi connectivity index (χ4n) is 4.68. The van der Waals surface area contributed by atoms with E-state index in [-0.39, 0.29) is 0 Å². The Bertz CT molecular complexity index is 796. The van der Waals surface area contributed by atoms with Gasteiger partial charge in [-0.1, -0.05) is 30.3 Å². The molecule has 162 valence electrons. The van der Waals surface area contributed by atoms with Crippen molar-refractivity contribution in [2.75, 3.05) is 19.8 Å². The van der Waals surface area contributed by atoms with Crippen LogP contribution in [0.25, 0.3) is 0 Å². The molecule has 29 heavy (non-hydrogen) atoms. The molecule has 0 radical (unpaired) electrons. The standard InChI is InChI=1S/C21H35N5O2S/c1-21(2,25-29(4,27)28)15-23-20(22-3)24-17-12-18-10-11-19(13-17)26(18)14-16-8-6-5-7-9-16/h5-9,17-19,25H,10-15H2,1-4H3,(H2,22,23,24). The molecule has 1 aromatic carbocycles. The molecule has 8 heteroatoms. The van der Waals surface area contributed by atoms with Crippen molar-refractivity contribution in [1.82, 2.24) is 20.3 Å². The van der Waals surface area contributed by atoms with E-state index >= 15 is 0 Å². The predicted molar refractivity (Wildman–Crippen MR) is 118 cm³/mol. The summed E-state index contributed by atoms with van der Waals surface area (Å²) in [6.07, 6.45) is 5.91. The molecule has 2 heterocycles. The van der Waals surface area contributed by atoms with E-state index in [9.17, 15) is 8.42 Å². The van der Waals surface area contributed by atoms with E-state index < -0.39 is 15.6 Å². The monoisotopic (exact) mass is 421 g/mol. The minimum absolute atomic E-state index is 0.386. The molecule has 7 nitrogen and oxygen atoms in total. The number of hydrogen-bond donors (Lipinski definition) is 3. The second-order valence-electron chi connectivity index (χ2n) is 9.04. The summed E-state index contributed by atoms with van der Waals surface area (Å²) in [5, 5.41) is 6.84. The number of guanidine groups is 1. The minimum Gasteiger partial charge on any atom is -0.355 e. The Balaban J connectivity index is 1.52. The van der Waals surface area contributed by atoms with Gasteiger partial charge in [-0.15, -0.1) is 0 Å². The van der Waals surface area contributed by atoms with Crippen LogP contribution in [-0.2, 0) is 16.6 Å². The van der Waals surface area contributed by atoms with Crippen molar-refractivity contribution in [2.45, 2.75) is 69.7 Å². The van der Waals surface area contributed by atoms with Crippen LogP contribution in [0.4, 0.5) is 0 Å². The molecule has 3 N–H and O–H groups in total. The largest absolute Gasteiger partial charge is 0.355 e. The number of fused-ring (bicyclic) bond motifs is 2. The highest BCUT2D eigenvalue weighted by Crippen LogP contribution is 2.36. The summed E-state index contributed by atoms with van der Waals surface area (Å²) in [4.78, 5) is 7.01. The van der Waals surface area contributed by atoms with Crippen LogP contribution in [0.15, 0.2) is 35.3 Å². The number of nitrogens with zero attached hydrogens (tertiary/aromatic N) is 2. The normalized spacial score (nSPS) is 25.8. The van der Waals surface area contributed by atoms with Crippen molar-refractivity contribution in [1.29, 1.82) is 0 Å². The lowest BCUT2D eigenvalue weighted by atomic mass is 9.96. The lowest BCUT2D eigenvalue weighted by molar-refractivity contribution is 0.114. The highest BCUT2D eigenvalue weighted by atomic mass is 32.2. The van der Waals surface area contributed by atoms with Crippen molar-refractivity contribution in [3.8, 4) is 0 Å². The summed E-state index contributed by atoms with van der Waals surface area (Å²) < 4.78 is 25.7. The molecule has 1 aromatic rings. The lowest BCUT2D eigenvalue weighted by Crippen LogP contribution is -2.56. The molecule has 0 amide bonds. The molecule has 3 rings (SSSR count). The van der Waals surface area contributed by atoms with Crippen LogP contribution in [0.1, 0.15) is 45.1 Å². The van der Waals surface area contributed by atoms with E-state index in [1.165, 1.54) is 24.7 Å². The van der Waals surface area contributed by atoms with Crippen molar-refractivity contribution in [3.05, 3.63) is 35.9 Å². The van der Waals surface area contributed by atoms with E-state index in [1.54, 1.807) is 7.05 Å². The Hall–Kier alpha value is -1.64. The zero-order chi connectivity index (χ0) is 21.1. The van der Waals surface area contributed by atoms with Crippen LogP contribution < -0.4 is 15.4 Å². The van der Waals surface area contributed by atoms with Gasteiger partial charge in [0, 0.05) is 43.8 Å². The van der Waals surface area contributed by atoms with Crippen molar-refractivity contribution >= 4 is 16.0 Å². The highest BCUT2D eigenvalue weighted by molar-refractivity contribution is 7.88. The number of piperidine rings is 1. The maximum atomic E-state index is 11.5. The van der Waals surface area contributed by atoms with Gasteiger partial charge >= 0.3 is 0 Å². The average molecular weight is 422 g/mol. The quantitative estimate of drug-likeness (QED) is 0.461. The Morgan fingerprint density at radius 2 is 1.79 bits per heavy atom. The Kier molecular flexibility index (Phi) is 6.86. The van der Waals surface area contributed by atoms with Gasteiger partial charge in [-0.05, 0) is 45.1 Å². The van der Waals surface area contributed by atoms with Gasteiger partial charge in [-0.2, -0.15) is 0 Å². The Labute approximate surface area is 175 Å². The number of nitrogens with one attached hydrogen (secondary N) is 3. The number of rotatable bonds is 7. The Morgan fingerprint density at radius 1 is 1.17 bits per heavy atom. The topological polar surface area (TPSA) is 85.8 Å². The molecular weight excluding hydrogens is 386 g/mol. The fourth-order valence-corrected chi connectivity index (χ4v) is 5.75. The van der Waals surface area contributed by atoms with E-state index in [0.717, 1.165) is 25.3 Å². The maximum absolute atomic E-state index is 11.5. The molecule has 2 aliphatic heterocycles. The first-order chi connectivity index (χ1) is 13.6. The minimum atomic E-state index is -3.26. The smallest absolute Gasteiger partial charge is 0.209 e. The number of benzene rings is 1. The van der Waals surface area contributed by atoms with Gasteiger partial charge in [0.2, 0.25) is 10.0 Å². The maximum Gasteiger partial charge on any atom is 0.209 e. The van der Waals surface area contributed by atoms with E-state index in [0.29, 0.717) is 24.7 Å². The number of aliphatic imine (C=N–C) groups is 1. The summed E-state index contributed by atoms with van der Waals surface area (Å²) in [6, 6.07) is 12.3. The molecule has 2 fully saturated rings. The molecule has 2 saturated heterocycles. The molecule has 2 bridgehead atoms. The number of sulfonamides is 1. The zero-order valence-electron chi connectivity index (χ0n) is 18.0. The summed E-state index contributed by atoms with van der Waals surface area (Å²) in [5.41, 5.74) is 0.789. The van der Waals surface area contributed by atoms with Crippen molar-refractivity contribution < 1.29 is 8.42 Å². The second-order valence-corrected chi connectivity index (χ2v) is 10.8. The van der Waals surface area contributed by atoms with Gasteiger partial charge in [0.05, 0.1) is 6.26 Å². The van der Waals surface area contributed by atoms with Crippen LogP contribution in [0.2, 0.25) is 0 Å². The van der Waals surface area contributed by atoms with Crippen LogP contribution >= 0.6 is 0 Å². The summed E-state index contributed by atoms with van der Waals surface area (Å²) >= 11 is 0. The second kappa shape index (κ2) is 9.02. The third-order valence-corrected chi connectivity index (χ3v) is 6.74. The zero-order valence-corrected chi connectivity index (χ0v) is 18.8. The van der Waals surface area contributed by atoms with Gasteiger partial charge in [-0.3, -0.25) is 9.89 Å². The molecular formula is C21H35N5O2S. The number of hydrogen-bond acceptors (Lipinski definition) is 4. The van der Waals surface area contributed by atoms with E-state index in [4.69, 9.17) is 0 Å². The van der Waals surface area contributed by atoms with Gasteiger partial charge in [-0.25, -0.2) is 13.1 Å². The van der Waals surface area contributed by atoms with Gasteiger partial charge in [0.1, 0.15) is 0 Å². The summed E-state index contributed by atoms with van der Waals surface area (Å²) in [5.74, 6) is 0.731. The van der Waals surface area contributed by atoms with Crippen LogP contribution in [0, 0.1) is 0 Å². The van der Waals surface area contributed by atoms with Gasteiger partial charge in [0.15, 0.2) is 5.96 Å².